The molecule has 2 heterocycles. The molecule has 2 fully saturated rings. The molecule has 0 N–H and O–H groups in total. The molecule has 3 rings (SSSR count). The zero-order chi connectivity index (χ0) is 13.8. The second-order valence-electron chi connectivity index (χ2n) is 5.59. The number of carbonyl (C=O) groups excluding carboxylic acids is 1. The van der Waals surface area contributed by atoms with Crippen molar-refractivity contribution in [3.05, 3.63) is 35.9 Å². The summed E-state index contributed by atoms with van der Waals surface area (Å²) < 4.78 is 0. The van der Waals surface area contributed by atoms with Gasteiger partial charge in [-0.15, -0.1) is 11.8 Å². The monoisotopic (exact) mass is 290 g/mol. The van der Waals surface area contributed by atoms with Crippen molar-refractivity contribution >= 4 is 17.7 Å². The van der Waals surface area contributed by atoms with E-state index in [0.29, 0.717) is 5.91 Å². The summed E-state index contributed by atoms with van der Waals surface area (Å²) in [6.07, 6.45) is 2.28. The molecule has 0 spiro atoms. The Bertz CT molecular complexity index is 437. The van der Waals surface area contributed by atoms with Crippen LogP contribution < -0.4 is 0 Å². The molecule has 2 aliphatic rings. The van der Waals surface area contributed by atoms with Crippen LogP contribution in [0.25, 0.3) is 0 Å². The first kappa shape index (κ1) is 14.0. The molecule has 1 aromatic rings. The van der Waals surface area contributed by atoms with E-state index < -0.39 is 0 Å². The maximum atomic E-state index is 12.4. The molecule has 1 amide bonds. The van der Waals surface area contributed by atoms with Gasteiger partial charge in [-0.3, -0.25) is 9.69 Å². The number of rotatable bonds is 3. The summed E-state index contributed by atoms with van der Waals surface area (Å²) in [6, 6.07) is 10.6. The first-order valence-electron chi connectivity index (χ1n) is 7.49. The highest BCUT2D eigenvalue weighted by atomic mass is 32.2. The summed E-state index contributed by atoms with van der Waals surface area (Å²) in [5, 5.41) is 0.246. The highest BCUT2D eigenvalue weighted by Gasteiger charge is 2.29. The van der Waals surface area contributed by atoms with E-state index in [2.05, 4.69) is 40.1 Å². The van der Waals surface area contributed by atoms with Crippen LogP contribution in [0.5, 0.6) is 0 Å². The molecule has 0 saturated carbocycles. The number of benzene rings is 1. The van der Waals surface area contributed by atoms with E-state index in [0.717, 1.165) is 44.9 Å². The van der Waals surface area contributed by atoms with Crippen LogP contribution in [0.3, 0.4) is 0 Å². The van der Waals surface area contributed by atoms with Crippen LogP contribution in [-0.2, 0) is 11.3 Å². The fourth-order valence-electron chi connectivity index (χ4n) is 2.94. The number of thioether (sulfide) groups is 1. The summed E-state index contributed by atoms with van der Waals surface area (Å²) in [5.41, 5.74) is 1.36. The minimum Gasteiger partial charge on any atom is -0.339 e. The molecular weight excluding hydrogens is 268 g/mol. The third kappa shape index (κ3) is 3.36. The predicted octanol–water partition coefficient (Wildman–Crippen LogP) is 2.23. The van der Waals surface area contributed by atoms with Gasteiger partial charge in [-0.25, -0.2) is 0 Å². The third-order valence-corrected chi connectivity index (χ3v) is 5.50. The molecule has 0 aliphatic carbocycles. The van der Waals surface area contributed by atoms with Gasteiger partial charge in [-0.1, -0.05) is 30.3 Å². The lowest BCUT2D eigenvalue weighted by molar-refractivity contribution is -0.132. The number of hydrogen-bond donors (Lipinski definition) is 0. The van der Waals surface area contributed by atoms with Gasteiger partial charge in [0.25, 0.3) is 0 Å². The summed E-state index contributed by atoms with van der Waals surface area (Å²) in [7, 11) is 0. The lowest BCUT2D eigenvalue weighted by atomic mass is 10.2. The summed E-state index contributed by atoms with van der Waals surface area (Å²) >= 11 is 1.84. The molecule has 1 atom stereocenters. The van der Waals surface area contributed by atoms with Crippen LogP contribution >= 0.6 is 11.8 Å². The van der Waals surface area contributed by atoms with Gasteiger partial charge < -0.3 is 4.90 Å². The fourth-order valence-corrected chi connectivity index (χ4v) is 4.19. The molecule has 0 bridgehead atoms. The Hall–Kier alpha value is -1.00. The number of nitrogens with zero attached hydrogens (tertiary/aromatic N) is 2. The highest BCUT2D eigenvalue weighted by Crippen LogP contribution is 2.28. The van der Waals surface area contributed by atoms with Crippen LogP contribution in [0.15, 0.2) is 30.3 Å². The quantitative estimate of drug-likeness (QED) is 0.853. The molecule has 3 nitrogen and oxygen atoms in total. The van der Waals surface area contributed by atoms with Gasteiger partial charge in [-0.05, 0) is 24.2 Å². The minimum atomic E-state index is 0.246. The Morgan fingerprint density at radius 1 is 1.15 bits per heavy atom. The van der Waals surface area contributed by atoms with E-state index >= 15 is 0 Å². The Labute approximate surface area is 125 Å². The Kier molecular flexibility index (Phi) is 4.63. The van der Waals surface area contributed by atoms with Crippen molar-refractivity contribution in [2.24, 2.45) is 0 Å². The van der Waals surface area contributed by atoms with Crippen molar-refractivity contribution < 1.29 is 4.79 Å². The molecule has 0 aromatic heterocycles. The normalized spacial score (nSPS) is 24.0. The number of carbonyl (C=O) groups is 1. The maximum absolute atomic E-state index is 12.4. The first-order valence-corrected chi connectivity index (χ1v) is 8.54. The minimum absolute atomic E-state index is 0.246. The summed E-state index contributed by atoms with van der Waals surface area (Å²) in [5.74, 6) is 1.54. The third-order valence-electron chi connectivity index (χ3n) is 4.14. The van der Waals surface area contributed by atoms with Crippen molar-refractivity contribution in [2.75, 3.05) is 31.9 Å². The second-order valence-corrected chi connectivity index (χ2v) is 6.90. The largest absolute Gasteiger partial charge is 0.339 e. The fraction of sp³-hybridized carbons (Fsp3) is 0.562. The van der Waals surface area contributed by atoms with Crippen LogP contribution in [0.1, 0.15) is 18.4 Å². The van der Waals surface area contributed by atoms with Crippen molar-refractivity contribution in [1.82, 2.24) is 9.80 Å². The number of amides is 1. The number of hydrogen-bond acceptors (Lipinski definition) is 3. The van der Waals surface area contributed by atoms with Gasteiger partial charge in [0, 0.05) is 32.7 Å². The average molecular weight is 290 g/mol. The van der Waals surface area contributed by atoms with Gasteiger partial charge in [-0.2, -0.15) is 0 Å². The predicted molar refractivity (Wildman–Crippen MR) is 83.8 cm³/mol. The molecule has 20 heavy (non-hydrogen) atoms. The van der Waals surface area contributed by atoms with Gasteiger partial charge in [0.15, 0.2) is 0 Å². The molecule has 2 aliphatic heterocycles. The number of piperazine rings is 1. The lowest BCUT2D eigenvalue weighted by Gasteiger charge is -2.35. The second kappa shape index (κ2) is 6.64. The Morgan fingerprint density at radius 2 is 1.90 bits per heavy atom. The highest BCUT2D eigenvalue weighted by molar-refractivity contribution is 8.00. The SMILES string of the molecule is O=C(C1CCCS1)N1CCN(Cc2ccccc2)CC1. The van der Waals surface area contributed by atoms with Crippen LogP contribution in [0, 0.1) is 0 Å². The van der Waals surface area contributed by atoms with Gasteiger partial charge in [0.05, 0.1) is 5.25 Å². The van der Waals surface area contributed by atoms with E-state index in [9.17, 15) is 4.79 Å². The lowest BCUT2D eigenvalue weighted by Crippen LogP contribution is -2.50. The topological polar surface area (TPSA) is 23.6 Å². The molecule has 4 heteroatoms. The Morgan fingerprint density at radius 3 is 2.55 bits per heavy atom. The van der Waals surface area contributed by atoms with Gasteiger partial charge in [0.2, 0.25) is 5.91 Å². The smallest absolute Gasteiger partial charge is 0.235 e. The average Bonchev–Trinajstić information content (AvgIpc) is 3.03. The van der Waals surface area contributed by atoms with E-state index in [1.165, 1.54) is 12.0 Å². The van der Waals surface area contributed by atoms with Crippen LogP contribution in [0.4, 0.5) is 0 Å². The van der Waals surface area contributed by atoms with Crippen molar-refractivity contribution in [3.8, 4) is 0 Å². The zero-order valence-electron chi connectivity index (χ0n) is 11.8. The van der Waals surface area contributed by atoms with E-state index in [4.69, 9.17) is 0 Å². The van der Waals surface area contributed by atoms with Gasteiger partial charge in [0.1, 0.15) is 0 Å². The van der Waals surface area contributed by atoms with E-state index in [1.807, 2.05) is 11.8 Å². The van der Waals surface area contributed by atoms with Crippen LogP contribution in [-0.4, -0.2) is 52.9 Å². The van der Waals surface area contributed by atoms with Crippen molar-refractivity contribution in [1.29, 1.82) is 0 Å². The standard InChI is InChI=1S/C16H22N2OS/c19-16(15-7-4-12-20-15)18-10-8-17(9-11-18)13-14-5-2-1-3-6-14/h1-3,5-6,15H,4,7-13H2. The zero-order valence-corrected chi connectivity index (χ0v) is 12.6. The van der Waals surface area contributed by atoms with E-state index in [-0.39, 0.29) is 5.25 Å². The Balaban J connectivity index is 1.48. The molecule has 0 radical (unpaired) electrons. The van der Waals surface area contributed by atoms with E-state index in [1.54, 1.807) is 0 Å². The van der Waals surface area contributed by atoms with Crippen LogP contribution in [0.2, 0.25) is 0 Å². The molecule has 1 aromatic carbocycles. The van der Waals surface area contributed by atoms with Crippen molar-refractivity contribution in [2.45, 2.75) is 24.6 Å². The molecule has 1 unspecified atom stereocenters. The maximum Gasteiger partial charge on any atom is 0.235 e. The first-order chi connectivity index (χ1) is 9.83. The molecule has 2 saturated heterocycles. The van der Waals surface area contributed by atoms with Gasteiger partial charge >= 0.3 is 0 Å². The molecular formula is C16H22N2OS. The van der Waals surface area contributed by atoms with Crippen molar-refractivity contribution in [3.63, 3.8) is 0 Å². The molecule has 108 valence electrons. The summed E-state index contributed by atoms with van der Waals surface area (Å²) in [6.45, 7) is 4.78. The summed E-state index contributed by atoms with van der Waals surface area (Å²) in [4.78, 5) is 16.9.